The first-order valence-electron chi connectivity index (χ1n) is 7.18. The number of nitrogens with zero attached hydrogens (tertiary/aromatic N) is 3. The van der Waals surface area contributed by atoms with Gasteiger partial charge in [-0.2, -0.15) is 13.2 Å². The van der Waals surface area contributed by atoms with Crippen LogP contribution in [0.3, 0.4) is 0 Å². The van der Waals surface area contributed by atoms with Gasteiger partial charge in [0.05, 0.1) is 28.5 Å². The molecule has 126 valence electrons. The predicted molar refractivity (Wildman–Crippen MR) is 83.6 cm³/mol. The maximum atomic E-state index is 12.5. The number of aromatic carboxylic acids is 1. The van der Waals surface area contributed by atoms with E-state index in [9.17, 15) is 18.0 Å². The minimum atomic E-state index is -4.25. The van der Waals surface area contributed by atoms with Crippen molar-refractivity contribution in [2.45, 2.75) is 12.6 Å². The summed E-state index contributed by atoms with van der Waals surface area (Å²) >= 11 is 0. The summed E-state index contributed by atoms with van der Waals surface area (Å²) in [5, 5.41) is 9.10. The lowest BCUT2D eigenvalue weighted by Gasteiger charge is -2.21. The fourth-order valence-corrected chi connectivity index (χ4v) is 2.58. The van der Waals surface area contributed by atoms with Gasteiger partial charge < -0.3 is 14.4 Å². The summed E-state index contributed by atoms with van der Waals surface area (Å²) in [5.41, 5.74) is 1.83. The summed E-state index contributed by atoms with van der Waals surface area (Å²) in [6.45, 7) is -0.235. The number of alkyl halides is 3. The summed E-state index contributed by atoms with van der Waals surface area (Å²) in [7, 11) is 1.54. The Labute approximate surface area is 134 Å². The number of carboxylic acid groups (broad SMARTS) is 1. The van der Waals surface area contributed by atoms with Crippen molar-refractivity contribution in [2.75, 3.05) is 18.5 Å². The van der Waals surface area contributed by atoms with E-state index < -0.39 is 18.6 Å². The van der Waals surface area contributed by atoms with Gasteiger partial charge in [0.1, 0.15) is 0 Å². The normalized spacial score (nSPS) is 12.0. The van der Waals surface area contributed by atoms with Crippen LogP contribution in [0.2, 0.25) is 0 Å². The molecule has 3 aromatic rings. The first-order chi connectivity index (χ1) is 11.3. The van der Waals surface area contributed by atoms with E-state index in [4.69, 9.17) is 5.11 Å². The Morgan fingerprint density at radius 1 is 1.29 bits per heavy atom. The molecule has 2 aromatic heterocycles. The Morgan fingerprint density at radius 3 is 2.71 bits per heavy atom. The first kappa shape index (κ1) is 16.1. The molecule has 0 aliphatic carbocycles. The van der Waals surface area contributed by atoms with Crippen LogP contribution < -0.4 is 4.90 Å². The number of benzene rings is 1. The van der Waals surface area contributed by atoms with Gasteiger partial charge in [-0.1, -0.05) is 0 Å². The van der Waals surface area contributed by atoms with Gasteiger partial charge in [-0.3, -0.25) is 0 Å². The molecule has 0 saturated heterocycles. The number of halogens is 3. The largest absolute Gasteiger partial charge is 0.478 e. The van der Waals surface area contributed by atoms with Gasteiger partial charge >= 0.3 is 12.1 Å². The molecule has 0 radical (unpaired) electrons. The van der Waals surface area contributed by atoms with Gasteiger partial charge in [0.2, 0.25) is 0 Å². The Bertz CT molecular complexity index is 918. The lowest BCUT2D eigenvalue weighted by Crippen LogP contribution is -2.25. The second-order valence-electron chi connectivity index (χ2n) is 5.49. The third kappa shape index (κ3) is 2.99. The van der Waals surface area contributed by atoms with E-state index in [0.29, 0.717) is 22.4 Å². The average Bonchev–Trinajstić information content (AvgIpc) is 3.00. The Balaban J connectivity index is 2.11. The first-order valence-corrected chi connectivity index (χ1v) is 7.18. The number of fused-ring (bicyclic) bond motifs is 3. The number of carboxylic acids is 1. The van der Waals surface area contributed by atoms with Crippen molar-refractivity contribution in [3.63, 3.8) is 0 Å². The Morgan fingerprint density at radius 2 is 2.04 bits per heavy atom. The van der Waals surface area contributed by atoms with E-state index in [1.807, 2.05) is 0 Å². The molecular formula is C16H14F3N3O2. The summed E-state index contributed by atoms with van der Waals surface area (Å²) in [5.74, 6) is -0.711. The fraction of sp³-hybridized carbons (Fsp3) is 0.250. The van der Waals surface area contributed by atoms with E-state index >= 15 is 0 Å². The summed E-state index contributed by atoms with van der Waals surface area (Å²) in [6.07, 6.45) is -3.44. The van der Waals surface area contributed by atoms with E-state index in [2.05, 4.69) is 4.98 Å². The van der Waals surface area contributed by atoms with Crippen molar-refractivity contribution in [1.82, 2.24) is 9.38 Å². The summed E-state index contributed by atoms with van der Waals surface area (Å²) in [6, 6.07) is 8.05. The highest BCUT2D eigenvalue weighted by Crippen LogP contribution is 2.27. The molecule has 24 heavy (non-hydrogen) atoms. The molecule has 0 bridgehead atoms. The summed E-state index contributed by atoms with van der Waals surface area (Å²) in [4.78, 5) is 16.9. The highest BCUT2D eigenvalue weighted by atomic mass is 19.4. The standard InChI is InChI=1S/C16H14F3N3O2/c1-21(8-6-16(17,18)19)14-13-3-2-7-22(13)12-5-4-10(15(23)24)9-11(12)20-14/h2-5,7,9H,6,8H2,1H3,(H,23,24). The lowest BCUT2D eigenvalue weighted by atomic mass is 10.2. The zero-order valence-electron chi connectivity index (χ0n) is 12.7. The van der Waals surface area contributed by atoms with E-state index in [-0.39, 0.29) is 12.1 Å². The van der Waals surface area contributed by atoms with Crippen LogP contribution >= 0.6 is 0 Å². The molecule has 0 saturated carbocycles. The molecule has 1 aromatic carbocycles. The molecular weight excluding hydrogens is 323 g/mol. The lowest BCUT2D eigenvalue weighted by molar-refractivity contribution is -0.132. The molecule has 1 N–H and O–H groups in total. The summed E-state index contributed by atoms with van der Waals surface area (Å²) < 4.78 is 39.2. The fourth-order valence-electron chi connectivity index (χ4n) is 2.58. The van der Waals surface area contributed by atoms with Crippen LogP contribution in [0.25, 0.3) is 16.6 Å². The van der Waals surface area contributed by atoms with Gasteiger partial charge in [0.15, 0.2) is 5.82 Å². The molecule has 0 spiro atoms. The van der Waals surface area contributed by atoms with Crippen molar-refractivity contribution < 1.29 is 23.1 Å². The van der Waals surface area contributed by atoms with Gasteiger partial charge in [-0.25, -0.2) is 9.78 Å². The zero-order valence-corrected chi connectivity index (χ0v) is 12.7. The van der Waals surface area contributed by atoms with Gasteiger partial charge in [-0.05, 0) is 30.3 Å². The van der Waals surface area contributed by atoms with Crippen molar-refractivity contribution in [1.29, 1.82) is 0 Å². The van der Waals surface area contributed by atoms with Crippen LogP contribution in [0.4, 0.5) is 19.0 Å². The molecule has 8 heteroatoms. The van der Waals surface area contributed by atoms with Crippen molar-refractivity contribution in [2.24, 2.45) is 0 Å². The van der Waals surface area contributed by atoms with Crippen LogP contribution in [0, 0.1) is 0 Å². The van der Waals surface area contributed by atoms with E-state index in [1.165, 1.54) is 24.1 Å². The van der Waals surface area contributed by atoms with Crippen molar-refractivity contribution in [3.05, 3.63) is 42.1 Å². The molecule has 0 fully saturated rings. The third-order valence-corrected chi connectivity index (χ3v) is 3.78. The monoisotopic (exact) mass is 337 g/mol. The molecule has 0 aliphatic heterocycles. The number of hydrogen-bond acceptors (Lipinski definition) is 3. The van der Waals surface area contributed by atoms with Crippen LogP contribution in [-0.2, 0) is 0 Å². The predicted octanol–water partition coefficient (Wildman–Crippen LogP) is 3.57. The van der Waals surface area contributed by atoms with Crippen LogP contribution in [0.5, 0.6) is 0 Å². The second kappa shape index (κ2) is 5.70. The van der Waals surface area contributed by atoms with Crippen LogP contribution in [0.1, 0.15) is 16.8 Å². The van der Waals surface area contributed by atoms with Gasteiger partial charge in [0.25, 0.3) is 0 Å². The highest BCUT2D eigenvalue weighted by molar-refractivity contribution is 5.94. The third-order valence-electron chi connectivity index (χ3n) is 3.78. The zero-order chi connectivity index (χ0) is 17.5. The smallest absolute Gasteiger partial charge is 0.390 e. The minimum absolute atomic E-state index is 0.0744. The number of anilines is 1. The molecule has 0 atom stereocenters. The maximum absolute atomic E-state index is 12.5. The number of aromatic nitrogens is 2. The quantitative estimate of drug-likeness (QED) is 0.791. The molecule has 0 amide bonds. The van der Waals surface area contributed by atoms with Crippen LogP contribution in [-0.4, -0.2) is 40.2 Å². The molecule has 5 nitrogen and oxygen atoms in total. The Kier molecular flexibility index (Phi) is 3.82. The molecule has 0 unspecified atom stereocenters. The number of hydrogen-bond donors (Lipinski definition) is 1. The van der Waals surface area contributed by atoms with Crippen molar-refractivity contribution in [3.8, 4) is 0 Å². The number of carbonyl (C=O) groups is 1. The average molecular weight is 337 g/mol. The highest BCUT2D eigenvalue weighted by Gasteiger charge is 2.27. The van der Waals surface area contributed by atoms with Gasteiger partial charge in [-0.15, -0.1) is 0 Å². The SMILES string of the molecule is CN(CCC(F)(F)F)c1nc2cc(C(=O)O)ccc2n2cccc12. The molecule has 2 heterocycles. The molecule has 0 aliphatic rings. The van der Waals surface area contributed by atoms with E-state index in [1.54, 1.807) is 28.8 Å². The van der Waals surface area contributed by atoms with Gasteiger partial charge in [0, 0.05) is 19.8 Å². The number of rotatable bonds is 4. The maximum Gasteiger partial charge on any atom is 0.390 e. The topological polar surface area (TPSA) is 57.8 Å². The molecule has 3 rings (SSSR count). The van der Waals surface area contributed by atoms with Crippen LogP contribution in [0.15, 0.2) is 36.5 Å². The second-order valence-corrected chi connectivity index (χ2v) is 5.49. The minimum Gasteiger partial charge on any atom is -0.478 e. The van der Waals surface area contributed by atoms with Crippen molar-refractivity contribution >= 4 is 28.3 Å². The van der Waals surface area contributed by atoms with E-state index in [0.717, 1.165) is 0 Å². The Hall–Kier alpha value is -2.77.